The van der Waals surface area contributed by atoms with E-state index >= 15 is 0 Å². The molecule has 1 N–H and O–H groups in total. The lowest BCUT2D eigenvalue weighted by atomic mass is 9.86. The lowest BCUT2D eigenvalue weighted by molar-refractivity contribution is 0.122. The van der Waals surface area contributed by atoms with E-state index in [0.29, 0.717) is 6.04 Å². The van der Waals surface area contributed by atoms with E-state index in [-0.39, 0.29) is 11.4 Å². The zero-order valence-electron chi connectivity index (χ0n) is 13.2. The predicted octanol–water partition coefficient (Wildman–Crippen LogP) is 2.40. The first kappa shape index (κ1) is 17.2. The Kier molecular flexibility index (Phi) is 7.29. The molecule has 4 nitrogen and oxygen atoms in total. The topological polar surface area (TPSA) is 35.6 Å². The van der Waals surface area contributed by atoms with Crippen LogP contribution in [0.1, 0.15) is 41.0 Å². The Balaban J connectivity index is 0.00000137. The zero-order valence-corrected chi connectivity index (χ0v) is 13.2. The molecule has 1 aliphatic rings. The number of nitrogens with one attached hydrogen (secondary N) is 1. The molecule has 0 spiro atoms. The van der Waals surface area contributed by atoms with Crippen LogP contribution in [-0.4, -0.2) is 55.6 Å². The van der Waals surface area contributed by atoms with Crippen LogP contribution in [0.4, 0.5) is 4.79 Å². The second kappa shape index (κ2) is 7.62. The standard InChI is InChI=1S/C12H25N3O.C2H6/c1-12(2,3)10(13-4)9-15-8-6-7-14(5)11(15)16;1-2/h10,13H,6-9H2,1-5H3;1-2H3. The number of rotatable bonds is 3. The van der Waals surface area contributed by atoms with Gasteiger partial charge in [-0.25, -0.2) is 4.79 Å². The maximum atomic E-state index is 11.9. The third-order valence-electron chi connectivity index (χ3n) is 3.32. The Labute approximate surface area is 113 Å². The van der Waals surface area contributed by atoms with Crippen molar-refractivity contribution in [1.29, 1.82) is 0 Å². The Morgan fingerprint density at radius 3 is 2.28 bits per heavy atom. The van der Waals surface area contributed by atoms with Crippen LogP contribution in [-0.2, 0) is 0 Å². The second-order valence-electron chi connectivity index (χ2n) is 5.71. The van der Waals surface area contributed by atoms with E-state index in [1.165, 1.54) is 0 Å². The Bertz CT molecular complexity index is 248. The number of nitrogens with zero attached hydrogens (tertiary/aromatic N) is 2. The van der Waals surface area contributed by atoms with Crippen LogP contribution in [0, 0.1) is 5.41 Å². The number of urea groups is 1. The minimum Gasteiger partial charge on any atom is -0.328 e. The summed E-state index contributed by atoms with van der Waals surface area (Å²) in [5.41, 5.74) is 0.172. The van der Waals surface area contributed by atoms with Crippen LogP contribution in [0.3, 0.4) is 0 Å². The Morgan fingerprint density at radius 2 is 1.83 bits per heavy atom. The maximum absolute atomic E-state index is 11.9. The monoisotopic (exact) mass is 257 g/mol. The van der Waals surface area contributed by atoms with Crippen molar-refractivity contribution in [2.75, 3.05) is 33.7 Å². The second-order valence-corrected chi connectivity index (χ2v) is 5.71. The van der Waals surface area contributed by atoms with Gasteiger partial charge in [-0.05, 0) is 18.9 Å². The molecule has 0 aliphatic carbocycles. The van der Waals surface area contributed by atoms with E-state index in [0.717, 1.165) is 26.1 Å². The highest BCUT2D eigenvalue weighted by Crippen LogP contribution is 2.21. The van der Waals surface area contributed by atoms with E-state index in [1.807, 2.05) is 32.8 Å². The number of likely N-dealkylation sites (N-methyl/N-ethyl adjacent to an activating group) is 1. The van der Waals surface area contributed by atoms with Crippen LogP contribution in [0.2, 0.25) is 0 Å². The van der Waals surface area contributed by atoms with E-state index in [1.54, 1.807) is 4.90 Å². The van der Waals surface area contributed by atoms with E-state index < -0.39 is 0 Å². The minimum atomic E-state index is 0.163. The fraction of sp³-hybridized carbons (Fsp3) is 0.929. The minimum absolute atomic E-state index is 0.163. The van der Waals surface area contributed by atoms with Crippen molar-refractivity contribution in [2.24, 2.45) is 5.41 Å². The van der Waals surface area contributed by atoms with E-state index in [2.05, 4.69) is 26.1 Å². The summed E-state index contributed by atoms with van der Waals surface area (Å²) in [4.78, 5) is 15.7. The fourth-order valence-corrected chi connectivity index (χ4v) is 2.12. The molecule has 108 valence electrons. The molecule has 1 aliphatic heterocycles. The molecule has 0 aromatic heterocycles. The largest absolute Gasteiger partial charge is 0.328 e. The number of carbonyl (C=O) groups is 1. The first-order chi connectivity index (χ1) is 8.36. The summed E-state index contributed by atoms with van der Waals surface area (Å²) < 4.78 is 0. The van der Waals surface area contributed by atoms with Gasteiger partial charge in [0.25, 0.3) is 0 Å². The average Bonchev–Trinajstić information content (AvgIpc) is 2.32. The predicted molar refractivity (Wildman–Crippen MR) is 77.9 cm³/mol. The van der Waals surface area contributed by atoms with Gasteiger partial charge in [0.05, 0.1) is 0 Å². The van der Waals surface area contributed by atoms with Gasteiger partial charge in [0.15, 0.2) is 0 Å². The smallest absolute Gasteiger partial charge is 0.319 e. The molecule has 0 saturated carbocycles. The van der Waals surface area contributed by atoms with E-state index in [9.17, 15) is 4.79 Å². The average molecular weight is 257 g/mol. The van der Waals surface area contributed by atoms with Gasteiger partial charge in [0.2, 0.25) is 0 Å². The molecule has 1 fully saturated rings. The highest BCUT2D eigenvalue weighted by atomic mass is 16.2. The summed E-state index contributed by atoms with van der Waals surface area (Å²) in [7, 11) is 3.84. The van der Waals surface area contributed by atoms with Gasteiger partial charge in [-0.1, -0.05) is 34.6 Å². The van der Waals surface area contributed by atoms with Crippen molar-refractivity contribution in [3.05, 3.63) is 0 Å². The maximum Gasteiger partial charge on any atom is 0.319 e. The summed E-state index contributed by atoms with van der Waals surface area (Å²) in [6.45, 7) is 13.2. The van der Waals surface area contributed by atoms with Crippen molar-refractivity contribution in [1.82, 2.24) is 15.1 Å². The SMILES string of the molecule is CC.CNC(CN1CCCN(C)C1=O)C(C)(C)C. The van der Waals surface area contributed by atoms with Crippen LogP contribution in [0.25, 0.3) is 0 Å². The third-order valence-corrected chi connectivity index (χ3v) is 3.32. The molecule has 2 amide bonds. The first-order valence-electron chi connectivity index (χ1n) is 7.03. The number of amides is 2. The fourth-order valence-electron chi connectivity index (χ4n) is 2.12. The Morgan fingerprint density at radius 1 is 1.28 bits per heavy atom. The van der Waals surface area contributed by atoms with Crippen molar-refractivity contribution >= 4 is 6.03 Å². The molecule has 1 rings (SSSR count). The summed E-state index contributed by atoms with van der Waals surface area (Å²) in [5, 5.41) is 3.31. The zero-order chi connectivity index (χ0) is 14.3. The number of carbonyl (C=O) groups excluding carboxylic acids is 1. The van der Waals surface area contributed by atoms with Crippen LogP contribution >= 0.6 is 0 Å². The molecular weight excluding hydrogens is 226 g/mol. The molecule has 1 saturated heterocycles. The summed E-state index contributed by atoms with van der Waals surface area (Å²) in [5.74, 6) is 0. The highest BCUT2D eigenvalue weighted by Gasteiger charge is 2.29. The van der Waals surface area contributed by atoms with Gasteiger partial charge in [0.1, 0.15) is 0 Å². The molecule has 4 heteroatoms. The van der Waals surface area contributed by atoms with Crippen LogP contribution in [0.15, 0.2) is 0 Å². The highest BCUT2D eigenvalue weighted by molar-refractivity contribution is 5.74. The number of hydrogen-bond acceptors (Lipinski definition) is 2. The lowest BCUT2D eigenvalue weighted by Gasteiger charge is -2.39. The summed E-state index contributed by atoms with van der Waals surface area (Å²) in [6, 6.07) is 0.499. The lowest BCUT2D eigenvalue weighted by Crippen LogP contribution is -2.54. The van der Waals surface area contributed by atoms with Crippen molar-refractivity contribution in [3.63, 3.8) is 0 Å². The van der Waals surface area contributed by atoms with Crippen molar-refractivity contribution in [3.8, 4) is 0 Å². The van der Waals surface area contributed by atoms with E-state index in [4.69, 9.17) is 0 Å². The van der Waals surface area contributed by atoms with Gasteiger partial charge in [-0.15, -0.1) is 0 Å². The van der Waals surface area contributed by atoms with Crippen molar-refractivity contribution in [2.45, 2.75) is 47.1 Å². The van der Waals surface area contributed by atoms with Gasteiger partial charge in [-0.3, -0.25) is 0 Å². The first-order valence-corrected chi connectivity index (χ1v) is 7.03. The van der Waals surface area contributed by atoms with Gasteiger partial charge < -0.3 is 15.1 Å². The van der Waals surface area contributed by atoms with Crippen LogP contribution in [0.5, 0.6) is 0 Å². The molecule has 1 heterocycles. The Hall–Kier alpha value is -0.770. The summed E-state index contributed by atoms with van der Waals surface area (Å²) in [6.07, 6.45) is 1.07. The molecule has 1 atom stereocenters. The molecule has 0 radical (unpaired) electrons. The molecule has 0 bridgehead atoms. The van der Waals surface area contributed by atoms with Gasteiger partial charge in [0, 0.05) is 32.7 Å². The van der Waals surface area contributed by atoms with Gasteiger partial charge in [-0.2, -0.15) is 0 Å². The quantitative estimate of drug-likeness (QED) is 0.842. The molecule has 1 unspecified atom stereocenters. The molecular formula is C14H31N3O. The van der Waals surface area contributed by atoms with Gasteiger partial charge >= 0.3 is 6.03 Å². The van der Waals surface area contributed by atoms with Crippen molar-refractivity contribution < 1.29 is 4.79 Å². The number of hydrogen-bond donors (Lipinski definition) is 1. The molecule has 0 aromatic rings. The summed E-state index contributed by atoms with van der Waals surface area (Å²) >= 11 is 0. The normalized spacial score (nSPS) is 18.3. The molecule has 0 aromatic carbocycles. The third kappa shape index (κ3) is 4.84. The molecule has 18 heavy (non-hydrogen) atoms. The van der Waals surface area contributed by atoms with Crippen LogP contribution < -0.4 is 5.32 Å².